The van der Waals surface area contributed by atoms with E-state index in [2.05, 4.69) is 34.5 Å². The smallest absolute Gasteiger partial charge is 0.212 e. The third-order valence-electron chi connectivity index (χ3n) is 2.31. The minimum atomic E-state index is 0. The van der Waals surface area contributed by atoms with Gasteiger partial charge in [-0.15, -0.1) is 24.0 Å². The van der Waals surface area contributed by atoms with Gasteiger partial charge < -0.3 is 15.4 Å². The van der Waals surface area contributed by atoms with Crippen LogP contribution in [0.3, 0.4) is 0 Å². The molecule has 0 bridgehead atoms. The Labute approximate surface area is 132 Å². The summed E-state index contributed by atoms with van der Waals surface area (Å²) in [6, 6.07) is 3.82. The molecule has 0 saturated carbocycles. The number of hydrogen-bond acceptors (Lipinski definition) is 3. The number of nitrogens with zero attached hydrogens (tertiary/aromatic N) is 2. The zero-order valence-electron chi connectivity index (χ0n) is 11.8. The van der Waals surface area contributed by atoms with Gasteiger partial charge in [0.05, 0.1) is 13.7 Å². The Balaban J connectivity index is 0.00000324. The highest BCUT2D eigenvalue weighted by atomic mass is 127. The summed E-state index contributed by atoms with van der Waals surface area (Å²) in [5, 5.41) is 6.46. The highest BCUT2D eigenvalue weighted by molar-refractivity contribution is 14.0. The quantitative estimate of drug-likeness (QED) is 0.453. The Kier molecular flexibility index (Phi) is 10.2. The largest absolute Gasteiger partial charge is 0.481 e. The van der Waals surface area contributed by atoms with Crippen LogP contribution in [0.25, 0.3) is 0 Å². The lowest BCUT2D eigenvalue weighted by molar-refractivity contribution is 0.397. The number of halogens is 1. The van der Waals surface area contributed by atoms with Gasteiger partial charge in [-0.3, -0.25) is 0 Å². The molecule has 1 aromatic heterocycles. The second-order valence-electron chi connectivity index (χ2n) is 3.83. The molecular formula is C13H23IN4O. The van der Waals surface area contributed by atoms with Crippen LogP contribution >= 0.6 is 24.0 Å². The molecule has 1 heterocycles. The maximum Gasteiger partial charge on any atom is 0.212 e. The fraction of sp³-hybridized carbons (Fsp3) is 0.538. The Morgan fingerprint density at radius 2 is 2.11 bits per heavy atom. The monoisotopic (exact) mass is 378 g/mol. The molecule has 6 heteroatoms. The van der Waals surface area contributed by atoms with Gasteiger partial charge >= 0.3 is 0 Å². The minimum Gasteiger partial charge on any atom is -0.481 e. The molecule has 0 aliphatic heterocycles. The summed E-state index contributed by atoms with van der Waals surface area (Å²) in [5.74, 6) is 1.47. The third-order valence-corrected chi connectivity index (χ3v) is 2.31. The molecule has 1 aromatic rings. The normalized spacial score (nSPS) is 10.6. The first kappa shape index (κ1) is 17.9. The average molecular weight is 378 g/mol. The molecule has 19 heavy (non-hydrogen) atoms. The van der Waals surface area contributed by atoms with Crippen molar-refractivity contribution in [1.29, 1.82) is 0 Å². The summed E-state index contributed by atoms with van der Waals surface area (Å²) >= 11 is 0. The molecule has 2 N–H and O–H groups in total. The summed E-state index contributed by atoms with van der Waals surface area (Å²) < 4.78 is 5.01. The number of rotatable bonds is 6. The van der Waals surface area contributed by atoms with Crippen molar-refractivity contribution in [2.24, 2.45) is 4.99 Å². The number of methoxy groups -OCH3 is 1. The Bertz CT molecular complexity index is 367. The summed E-state index contributed by atoms with van der Waals surface area (Å²) in [4.78, 5) is 8.64. The maximum absolute atomic E-state index is 5.01. The van der Waals surface area contributed by atoms with Gasteiger partial charge in [0.25, 0.3) is 0 Å². The first-order chi connectivity index (χ1) is 8.80. The first-order valence-electron chi connectivity index (χ1n) is 6.31. The van der Waals surface area contributed by atoms with E-state index in [-0.39, 0.29) is 24.0 Å². The van der Waals surface area contributed by atoms with Crippen molar-refractivity contribution in [2.75, 3.05) is 20.2 Å². The Hall–Kier alpha value is -1.05. The van der Waals surface area contributed by atoms with Crippen molar-refractivity contribution >= 4 is 29.9 Å². The molecule has 108 valence electrons. The summed E-state index contributed by atoms with van der Waals surface area (Å²) in [5.41, 5.74) is 1.06. The van der Waals surface area contributed by atoms with E-state index in [1.807, 2.05) is 12.1 Å². The molecule has 0 spiro atoms. The molecule has 0 atom stereocenters. The second-order valence-corrected chi connectivity index (χ2v) is 3.83. The summed E-state index contributed by atoms with van der Waals surface area (Å²) in [7, 11) is 1.61. The third kappa shape index (κ3) is 7.19. The van der Waals surface area contributed by atoms with Gasteiger partial charge in [0.2, 0.25) is 5.88 Å². The van der Waals surface area contributed by atoms with E-state index in [9.17, 15) is 0 Å². The van der Waals surface area contributed by atoms with Gasteiger partial charge in [-0.1, -0.05) is 13.0 Å². The molecule has 0 saturated heterocycles. The van der Waals surface area contributed by atoms with E-state index in [0.29, 0.717) is 12.4 Å². The molecular weight excluding hydrogens is 355 g/mol. The number of hydrogen-bond donors (Lipinski definition) is 2. The minimum absolute atomic E-state index is 0. The number of pyridine rings is 1. The van der Waals surface area contributed by atoms with E-state index in [4.69, 9.17) is 4.74 Å². The van der Waals surface area contributed by atoms with Crippen molar-refractivity contribution in [3.05, 3.63) is 23.9 Å². The van der Waals surface area contributed by atoms with Crippen molar-refractivity contribution in [3.63, 3.8) is 0 Å². The number of guanidine groups is 1. The molecule has 0 aromatic carbocycles. The van der Waals surface area contributed by atoms with Gasteiger partial charge in [0.15, 0.2) is 5.96 Å². The topological polar surface area (TPSA) is 58.5 Å². The van der Waals surface area contributed by atoms with Crippen LogP contribution in [0.15, 0.2) is 23.3 Å². The molecule has 0 aliphatic carbocycles. The SMILES string of the molecule is CCCNC(=NCc1ccc(OC)nc1)NCC.I. The predicted octanol–water partition coefficient (Wildman–Crippen LogP) is 2.17. The van der Waals surface area contributed by atoms with Crippen LogP contribution in [0, 0.1) is 0 Å². The van der Waals surface area contributed by atoms with E-state index < -0.39 is 0 Å². The molecule has 5 nitrogen and oxygen atoms in total. The Morgan fingerprint density at radius 3 is 2.63 bits per heavy atom. The van der Waals surface area contributed by atoms with Crippen molar-refractivity contribution < 1.29 is 4.74 Å². The molecule has 0 radical (unpaired) electrons. The molecule has 1 rings (SSSR count). The van der Waals surface area contributed by atoms with Crippen LogP contribution in [0.1, 0.15) is 25.8 Å². The molecule has 0 aliphatic rings. The maximum atomic E-state index is 5.01. The molecule has 0 fully saturated rings. The van der Waals surface area contributed by atoms with E-state index in [1.165, 1.54) is 0 Å². The van der Waals surface area contributed by atoms with Crippen molar-refractivity contribution in [1.82, 2.24) is 15.6 Å². The van der Waals surface area contributed by atoms with Crippen LogP contribution in [0.5, 0.6) is 5.88 Å². The summed E-state index contributed by atoms with van der Waals surface area (Å²) in [6.07, 6.45) is 2.86. The van der Waals surface area contributed by atoms with Crippen LogP contribution in [-0.2, 0) is 6.54 Å². The Morgan fingerprint density at radius 1 is 1.32 bits per heavy atom. The fourth-order valence-corrected chi connectivity index (χ4v) is 1.38. The van der Waals surface area contributed by atoms with E-state index in [1.54, 1.807) is 13.3 Å². The molecule has 0 unspecified atom stereocenters. The standard InChI is InChI=1S/C13H22N4O.HI/c1-4-8-15-13(14-5-2)17-10-11-6-7-12(18-3)16-9-11;/h6-7,9H,4-5,8,10H2,1-3H3,(H2,14,15,17);1H. The van der Waals surface area contributed by atoms with Gasteiger partial charge in [0.1, 0.15) is 0 Å². The lowest BCUT2D eigenvalue weighted by atomic mass is 10.3. The second kappa shape index (κ2) is 10.8. The van der Waals surface area contributed by atoms with E-state index >= 15 is 0 Å². The number of nitrogens with one attached hydrogen (secondary N) is 2. The van der Waals surface area contributed by atoms with E-state index in [0.717, 1.165) is 31.0 Å². The first-order valence-corrected chi connectivity index (χ1v) is 6.31. The van der Waals surface area contributed by atoms with Gasteiger partial charge in [-0.25, -0.2) is 9.98 Å². The summed E-state index contributed by atoms with van der Waals surface area (Å²) in [6.45, 7) is 6.57. The predicted molar refractivity (Wildman–Crippen MR) is 89.3 cm³/mol. The number of aromatic nitrogens is 1. The van der Waals surface area contributed by atoms with Crippen LogP contribution in [-0.4, -0.2) is 31.1 Å². The number of aliphatic imine (C=N–C) groups is 1. The number of ether oxygens (including phenoxy) is 1. The highest BCUT2D eigenvalue weighted by Gasteiger charge is 1.97. The van der Waals surface area contributed by atoms with Gasteiger partial charge in [-0.05, 0) is 18.9 Å². The lowest BCUT2D eigenvalue weighted by Gasteiger charge is -2.10. The van der Waals surface area contributed by atoms with Crippen LogP contribution in [0.4, 0.5) is 0 Å². The van der Waals surface area contributed by atoms with Crippen LogP contribution in [0.2, 0.25) is 0 Å². The highest BCUT2D eigenvalue weighted by Crippen LogP contribution is 2.07. The molecule has 0 amide bonds. The van der Waals surface area contributed by atoms with Gasteiger partial charge in [0, 0.05) is 25.4 Å². The van der Waals surface area contributed by atoms with Crippen molar-refractivity contribution in [3.8, 4) is 5.88 Å². The average Bonchev–Trinajstić information content (AvgIpc) is 2.42. The zero-order chi connectivity index (χ0) is 13.2. The van der Waals surface area contributed by atoms with Crippen LogP contribution < -0.4 is 15.4 Å². The lowest BCUT2D eigenvalue weighted by Crippen LogP contribution is -2.37. The van der Waals surface area contributed by atoms with Gasteiger partial charge in [-0.2, -0.15) is 0 Å². The van der Waals surface area contributed by atoms with Crippen molar-refractivity contribution in [2.45, 2.75) is 26.8 Å². The zero-order valence-corrected chi connectivity index (χ0v) is 14.1. The fourth-order valence-electron chi connectivity index (χ4n) is 1.38.